The number of amides is 1. The van der Waals surface area contributed by atoms with E-state index in [1.54, 1.807) is 26.0 Å². The summed E-state index contributed by atoms with van der Waals surface area (Å²) in [6.45, 7) is 3.57. The van der Waals surface area contributed by atoms with E-state index in [2.05, 4.69) is 25.4 Å². The van der Waals surface area contributed by atoms with E-state index in [4.69, 9.17) is 4.84 Å². The summed E-state index contributed by atoms with van der Waals surface area (Å²) in [4.78, 5) is 25.6. The van der Waals surface area contributed by atoms with Crippen LogP contribution < -0.4 is 10.2 Å². The van der Waals surface area contributed by atoms with Crippen LogP contribution >= 0.6 is 0 Å². The van der Waals surface area contributed by atoms with E-state index in [1.165, 1.54) is 20.4 Å². The smallest absolute Gasteiger partial charge is 0.273 e. The molecule has 1 amide bonds. The summed E-state index contributed by atoms with van der Waals surface area (Å²) in [7, 11) is 2.85. The molecule has 0 bridgehead atoms. The van der Waals surface area contributed by atoms with Crippen LogP contribution in [0.1, 0.15) is 19.4 Å². The van der Waals surface area contributed by atoms with Gasteiger partial charge < -0.3 is 15.0 Å². The lowest BCUT2D eigenvalue weighted by Crippen LogP contribution is -2.29. The lowest BCUT2D eigenvalue weighted by Gasteiger charge is -2.07. The topological polar surface area (TPSA) is 85.2 Å². The molecule has 0 aliphatic heterocycles. The van der Waals surface area contributed by atoms with Crippen molar-refractivity contribution >= 4 is 17.3 Å². The lowest BCUT2D eigenvalue weighted by molar-refractivity contribution is -0.114. The van der Waals surface area contributed by atoms with Gasteiger partial charge in [-0.25, -0.2) is 4.98 Å². The highest BCUT2D eigenvalue weighted by atomic mass is 16.6. The Bertz CT molecular complexity index is 507. The quantitative estimate of drug-likeness (QED) is 0.634. The highest BCUT2D eigenvalue weighted by Crippen LogP contribution is 2.16. The molecule has 0 aliphatic carbocycles. The molecule has 0 unspecified atom stereocenters. The maximum absolute atomic E-state index is 11.8. The highest BCUT2D eigenvalue weighted by Gasteiger charge is 2.19. The Morgan fingerprint density at radius 3 is 2.68 bits per heavy atom. The van der Waals surface area contributed by atoms with Gasteiger partial charge in [0.1, 0.15) is 7.11 Å². The number of hydrogen-bond acceptors (Lipinski definition) is 6. The fourth-order valence-corrected chi connectivity index (χ4v) is 1.20. The summed E-state index contributed by atoms with van der Waals surface area (Å²) in [5.74, 6) is -0.222. The van der Waals surface area contributed by atoms with Gasteiger partial charge in [0.2, 0.25) is 0 Å². The normalized spacial score (nSPS) is 10.6. The number of nitrogens with zero attached hydrogens (tertiary/aromatic N) is 3. The number of hydrogen-bond donors (Lipinski definition) is 1. The SMILES string of the molecule is CNC(=O)/C(=N/OC)c1cccnc1ON=C(C)C. The number of pyridine rings is 1. The number of aromatic nitrogens is 1. The Hall–Kier alpha value is -2.44. The first-order valence-corrected chi connectivity index (χ1v) is 5.57. The molecular weight excluding hydrogens is 248 g/mol. The van der Waals surface area contributed by atoms with E-state index in [0.717, 1.165) is 5.71 Å². The van der Waals surface area contributed by atoms with Crippen LogP contribution in [-0.2, 0) is 9.63 Å². The predicted molar refractivity (Wildman–Crippen MR) is 71.3 cm³/mol. The first kappa shape index (κ1) is 14.6. The maximum atomic E-state index is 11.8. The van der Waals surface area contributed by atoms with Crippen LogP contribution in [0, 0.1) is 0 Å². The van der Waals surface area contributed by atoms with Crippen LogP contribution in [0.3, 0.4) is 0 Å². The van der Waals surface area contributed by atoms with Gasteiger partial charge in [-0.2, -0.15) is 0 Å². The molecule has 19 heavy (non-hydrogen) atoms. The Morgan fingerprint density at radius 2 is 2.11 bits per heavy atom. The molecule has 0 aliphatic rings. The number of carbonyl (C=O) groups excluding carboxylic acids is 1. The average Bonchev–Trinajstić information content (AvgIpc) is 2.42. The number of likely N-dealkylation sites (N-methyl/N-ethyl adjacent to an activating group) is 1. The van der Waals surface area contributed by atoms with E-state index in [0.29, 0.717) is 5.56 Å². The lowest BCUT2D eigenvalue weighted by atomic mass is 10.1. The highest BCUT2D eigenvalue weighted by molar-refractivity contribution is 6.45. The molecule has 0 aromatic carbocycles. The predicted octanol–water partition coefficient (Wildman–Crippen LogP) is 0.953. The van der Waals surface area contributed by atoms with Crippen LogP contribution in [0.25, 0.3) is 0 Å². The van der Waals surface area contributed by atoms with E-state index < -0.39 is 5.91 Å². The minimum absolute atomic E-state index is 0.0667. The molecule has 1 aromatic heterocycles. The van der Waals surface area contributed by atoms with Crippen LogP contribution in [0.4, 0.5) is 0 Å². The third-order valence-corrected chi connectivity index (χ3v) is 1.97. The summed E-state index contributed by atoms with van der Waals surface area (Å²) < 4.78 is 0. The second-order valence-electron chi connectivity index (χ2n) is 3.69. The van der Waals surface area contributed by atoms with Gasteiger partial charge in [-0.05, 0) is 26.0 Å². The average molecular weight is 264 g/mol. The van der Waals surface area contributed by atoms with E-state index in [-0.39, 0.29) is 11.6 Å². The first-order chi connectivity index (χ1) is 9.10. The minimum Gasteiger partial charge on any atom is -0.398 e. The van der Waals surface area contributed by atoms with Crippen LogP contribution in [0.2, 0.25) is 0 Å². The molecule has 102 valence electrons. The van der Waals surface area contributed by atoms with Gasteiger partial charge in [0.05, 0.1) is 11.3 Å². The molecule has 7 nitrogen and oxygen atoms in total. The largest absolute Gasteiger partial charge is 0.398 e. The molecule has 1 N–H and O–H groups in total. The van der Waals surface area contributed by atoms with Gasteiger partial charge in [0.25, 0.3) is 11.8 Å². The van der Waals surface area contributed by atoms with Crippen molar-refractivity contribution in [1.29, 1.82) is 0 Å². The maximum Gasteiger partial charge on any atom is 0.273 e. The van der Waals surface area contributed by atoms with Gasteiger partial charge in [-0.15, -0.1) is 0 Å². The number of oxime groups is 2. The molecule has 1 aromatic rings. The zero-order valence-electron chi connectivity index (χ0n) is 11.3. The summed E-state index contributed by atoms with van der Waals surface area (Å²) in [5, 5.41) is 9.97. The monoisotopic (exact) mass is 264 g/mol. The minimum atomic E-state index is -0.406. The molecule has 0 saturated carbocycles. The first-order valence-electron chi connectivity index (χ1n) is 5.57. The molecule has 1 rings (SSSR count). The van der Waals surface area contributed by atoms with Crippen molar-refractivity contribution in [2.45, 2.75) is 13.8 Å². The van der Waals surface area contributed by atoms with Crippen LogP contribution in [0.5, 0.6) is 5.88 Å². The molecule has 0 atom stereocenters. The zero-order valence-corrected chi connectivity index (χ0v) is 11.3. The van der Waals surface area contributed by atoms with E-state index in [1.807, 2.05) is 0 Å². The van der Waals surface area contributed by atoms with Crippen molar-refractivity contribution in [3.8, 4) is 5.88 Å². The Balaban J connectivity index is 3.20. The molecular formula is C12H16N4O3. The Morgan fingerprint density at radius 1 is 1.37 bits per heavy atom. The fourth-order valence-electron chi connectivity index (χ4n) is 1.20. The molecule has 7 heteroatoms. The molecule has 1 heterocycles. The van der Waals surface area contributed by atoms with Crippen LogP contribution in [-0.4, -0.2) is 36.5 Å². The van der Waals surface area contributed by atoms with E-state index in [9.17, 15) is 4.79 Å². The molecule has 0 radical (unpaired) electrons. The summed E-state index contributed by atoms with van der Waals surface area (Å²) in [5.41, 5.74) is 1.19. The van der Waals surface area contributed by atoms with Crippen molar-refractivity contribution in [1.82, 2.24) is 10.3 Å². The summed E-state index contributed by atoms with van der Waals surface area (Å²) >= 11 is 0. The molecule has 0 spiro atoms. The Kier molecular flexibility index (Phi) is 5.46. The van der Waals surface area contributed by atoms with Crippen molar-refractivity contribution in [3.63, 3.8) is 0 Å². The zero-order chi connectivity index (χ0) is 14.3. The number of rotatable bonds is 5. The van der Waals surface area contributed by atoms with Crippen molar-refractivity contribution < 1.29 is 14.5 Å². The van der Waals surface area contributed by atoms with Gasteiger partial charge in [0.15, 0.2) is 5.71 Å². The third kappa shape index (κ3) is 4.06. The fraction of sp³-hybridized carbons (Fsp3) is 0.333. The Labute approximate surface area is 111 Å². The number of carbonyl (C=O) groups is 1. The number of nitrogens with one attached hydrogen (secondary N) is 1. The third-order valence-electron chi connectivity index (χ3n) is 1.97. The second-order valence-corrected chi connectivity index (χ2v) is 3.69. The van der Waals surface area contributed by atoms with Gasteiger partial charge in [-0.3, -0.25) is 4.79 Å². The van der Waals surface area contributed by atoms with E-state index >= 15 is 0 Å². The second kappa shape index (κ2) is 7.10. The summed E-state index contributed by atoms with van der Waals surface area (Å²) in [6.07, 6.45) is 1.54. The van der Waals surface area contributed by atoms with Crippen molar-refractivity contribution in [3.05, 3.63) is 23.9 Å². The van der Waals surface area contributed by atoms with Crippen molar-refractivity contribution in [2.24, 2.45) is 10.3 Å². The van der Waals surface area contributed by atoms with Gasteiger partial charge >= 0.3 is 0 Å². The molecule has 0 fully saturated rings. The van der Waals surface area contributed by atoms with Gasteiger partial charge in [-0.1, -0.05) is 10.3 Å². The van der Waals surface area contributed by atoms with Crippen LogP contribution in [0.15, 0.2) is 28.6 Å². The summed E-state index contributed by atoms with van der Waals surface area (Å²) in [6, 6.07) is 3.31. The molecule has 0 saturated heterocycles. The standard InChI is InChI=1S/C12H16N4O3/c1-8(2)15-19-12-9(6-5-7-14-12)10(16-18-4)11(17)13-3/h5-7H,1-4H3,(H,13,17)/b16-10+. The van der Waals surface area contributed by atoms with Gasteiger partial charge in [0, 0.05) is 13.2 Å². The van der Waals surface area contributed by atoms with Crippen molar-refractivity contribution in [2.75, 3.05) is 14.2 Å².